The first-order valence-corrected chi connectivity index (χ1v) is 9.41. The van der Waals surface area contributed by atoms with Crippen molar-refractivity contribution < 1.29 is 13.5 Å². The topological polar surface area (TPSA) is 25.4 Å². The van der Waals surface area contributed by atoms with Crippen LogP contribution in [0.4, 0.5) is 14.6 Å². The maximum Gasteiger partial charge on any atom is 0.198 e. The number of thioether (sulfide) groups is 1. The van der Waals surface area contributed by atoms with Gasteiger partial charge in [0.2, 0.25) is 0 Å². The van der Waals surface area contributed by atoms with Gasteiger partial charge in [-0.3, -0.25) is 0 Å². The Balaban J connectivity index is 1.63. The van der Waals surface area contributed by atoms with Gasteiger partial charge in [-0.05, 0) is 35.1 Å². The van der Waals surface area contributed by atoms with E-state index in [0.29, 0.717) is 11.6 Å². The quantitative estimate of drug-likeness (QED) is 0.583. The van der Waals surface area contributed by atoms with Gasteiger partial charge in [0.05, 0.1) is 11.6 Å². The van der Waals surface area contributed by atoms with Crippen molar-refractivity contribution in [1.29, 1.82) is 0 Å². The molecule has 0 saturated carbocycles. The Morgan fingerprint density at radius 2 is 1.96 bits per heavy atom. The molecule has 0 radical (unpaired) electrons. The van der Waals surface area contributed by atoms with Crippen LogP contribution in [0.3, 0.4) is 0 Å². The van der Waals surface area contributed by atoms with E-state index in [9.17, 15) is 8.78 Å². The number of rotatable bonds is 4. The molecule has 4 rings (SSSR count). The van der Waals surface area contributed by atoms with Crippen LogP contribution in [0, 0.1) is 11.6 Å². The Hall–Kier alpha value is -2.38. The average Bonchev–Trinajstić information content (AvgIpc) is 3.29. The highest BCUT2D eigenvalue weighted by atomic mass is 32.2. The molecular weight excluding hydrogens is 362 g/mol. The zero-order chi connectivity index (χ0) is 17.2. The van der Waals surface area contributed by atoms with Crippen molar-refractivity contribution in [2.75, 3.05) is 10.8 Å². The number of halogens is 2. The Bertz CT molecular complexity index is 908. The molecule has 0 amide bonds. The summed E-state index contributed by atoms with van der Waals surface area (Å²) in [6, 6.07) is 8.92. The van der Waals surface area contributed by atoms with Crippen molar-refractivity contribution in [3.05, 3.63) is 76.0 Å². The van der Waals surface area contributed by atoms with E-state index >= 15 is 0 Å². The van der Waals surface area contributed by atoms with Gasteiger partial charge < -0.3 is 9.64 Å². The van der Waals surface area contributed by atoms with Crippen molar-refractivity contribution >= 4 is 34.6 Å². The van der Waals surface area contributed by atoms with Gasteiger partial charge in [0.1, 0.15) is 11.6 Å². The van der Waals surface area contributed by atoms with Crippen LogP contribution in [0.1, 0.15) is 5.56 Å². The number of aromatic nitrogens is 1. The van der Waals surface area contributed by atoms with E-state index < -0.39 is 17.4 Å². The molecule has 3 aromatic rings. The average molecular weight is 374 g/mol. The minimum Gasteiger partial charge on any atom is -0.451 e. The summed E-state index contributed by atoms with van der Waals surface area (Å²) < 4.78 is 33.0. The maximum atomic E-state index is 13.8. The molecule has 2 aromatic heterocycles. The Labute approximate surface area is 151 Å². The molecule has 0 bridgehead atoms. The van der Waals surface area contributed by atoms with E-state index in [1.165, 1.54) is 6.07 Å². The molecule has 0 aliphatic carbocycles. The van der Waals surface area contributed by atoms with Crippen LogP contribution in [-0.4, -0.2) is 10.9 Å². The minimum atomic E-state index is -0.742. The SMILES string of the molecule is Fc1cccc(F)c1Oc1ccnc(N2CSC=C2c2ccsc2)c1. The van der Waals surface area contributed by atoms with Crippen molar-refractivity contribution in [2.24, 2.45) is 0 Å². The molecule has 3 nitrogen and oxygen atoms in total. The predicted molar refractivity (Wildman–Crippen MR) is 97.9 cm³/mol. The van der Waals surface area contributed by atoms with E-state index in [2.05, 4.69) is 15.8 Å². The van der Waals surface area contributed by atoms with Crippen molar-refractivity contribution in [3.63, 3.8) is 0 Å². The molecule has 3 heterocycles. The first kappa shape index (κ1) is 16.1. The third-order valence-corrected chi connectivity index (χ3v) is 5.12. The minimum absolute atomic E-state index is 0.329. The molecule has 0 unspecified atom stereocenters. The van der Waals surface area contributed by atoms with Crippen molar-refractivity contribution in [3.8, 4) is 11.5 Å². The Morgan fingerprint density at radius 3 is 2.72 bits per heavy atom. The normalized spacial score (nSPS) is 13.8. The molecule has 0 saturated heterocycles. The summed E-state index contributed by atoms with van der Waals surface area (Å²) in [5, 5.41) is 6.17. The van der Waals surface area contributed by atoms with Crippen molar-refractivity contribution in [2.45, 2.75) is 0 Å². The monoisotopic (exact) mass is 374 g/mol. The maximum absolute atomic E-state index is 13.8. The number of thiophene rings is 1. The summed E-state index contributed by atoms with van der Waals surface area (Å²) in [7, 11) is 0. The summed E-state index contributed by atoms with van der Waals surface area (Å²) >= 11 is 3.29. The van der Waals surface area contributed by atoms with E-state index in [1.807, 2.05) is 16.3 Å². The smallest absolute Gasteiger partial charge is 0.198 e. The largest absolute Gasteiger partial charge is 0.451 e. The van der Waals surface area contributed by atoms with Crippen LogP contribution in [0.5, 0.6) is 11.5 Å². The zero-order valence-electron chi connectivity index (χ0n) is 12.9. The lowest BCUT2D eigenvalue weighted by molar-refractivity contribution is 0.407. The first-order chi connectivity index (χ1) is 12.2. The summed E-state index contributed by atoms with van der Waals surface area (Å²) in [4.78, 5) is 6.41. The van der Waals surface area contributed by atoms with Crippen molar-refractivity contribution in [1.82, 2.24) is 4.98 Å². The van der Waals surface area contributed by atoms with Gasteiger partial charge in [0, 0.05) is 23.2 Å². The Morgan fingerprint density at radius 1 is 1.12 bits per heavy atom. The standard InChI is InChI=1S/C18H12F2N2OS2/c19-14-2-1-3-15(20)18(14)23-13-4-6-21-17(8-13)22-11-25-10-16(22)12-5-7-24-9-12/h1-10H,11H2. The molecular formula is C18H12F2N2OS2. The van der Waals surface area contributed by atoms with E-state index in [1.54, 1.807) is 41.4 Å². The van der Waals surface area contributed by atoms with Gasteiger partial charge >= 0.3 is 0 Å². The second-order valence-electron chi connectivity index (χ2n) is 5.24. The molecule has 1 aliphatic heterocycles. The first-order valence-electron chi connectivity index (χ1n) is 7.42. The summed E-state index contributed by atoms with van der Waals surface area (Å²) in [5.41, 5.74) is 2.16. The molecule has 0 atom stereocenters. The number of benzene rings is 1. The highest BCUT2D eigenvalue weighted by Gasteiger charge is 2.21. The third kappa shape index (κ3) is 3.25. The fourth-order valence-corrected chi connectivity index (χ4v) is 4.02. The molecule has 126 valence electrons. The van der Waals surface area contributed by atoms with Gasteiger partial charge in [-0.2, -0.15) is 11.3 Å². The van der Waals surface area contributed by atoms with Crippen LogP contribution < -0.4 is 9.64 Å². The van der Waals surface area contributed by atoms with Crippen LogP contribution in [0.25, 0.3) is 5.70 Å². The number of anilines is 1. The lowest BCUT2D eigenvalue weighted by atomic mass is 10.2. The third-order valence-electron chi connectivity index (χ3n) is 3.64. The molecule has 1 aliphatic rings. The molecule has 25 heavy (non-hydrogen) atoms. The van der Waals surface area contributed by atoms with Gasteiger partial charge in [-0.1, -0.05) is 6.07 Å². The van der Waals surface area contributed by atoms with E-state index in [4.69, 9.17) is 4.74 Å². The number of nitrogens with zero attached hydrogens (tertiary/aromatic N) is 2. The molecule has 0 N–H and O–H groups in total. The number of hydrogen-bond donors (Lipinski definition) is 0. The summed E-state index contributed by atoms with van der Waals surface area (Å²) in [5.74, 6) is -0.186. The van der Waals surface area contributed by atoms with Gasteiger partial charge in [-0.15, -0.1) is 11.8 Å². The van der Waals surface area contributed by atoms with Crippen LogP contribution >= 0.6 is 23.1 Å². The fourth-order valence-electron chi connectivity index (χ4n) is 2.46. The molecule has 1 aromatic carbocycles. The predicted octanol–water partition coefficient (Wildman–Crippen LogP) is 5.72. The van der Waals surface area contributed by atoms with Crippen LogP contribution in [0.15, 0.2) is 58.8 Å². The number of hydrogen-bond acceptors (Lipinski definition) is 5. The highest BCUT2D eigenvalue weighted by Crippen LogP contribution is 2.37. The number of para-hydroxylation sites is 1. The fraction of sp³-hybridized carbons (Fsp3) is 0.0556. The summed E-state index contributed by atoms with van der Waals surface area (Å²) in [6.07, 6.45) is 1.57. The van der Waals surface area contributed by atoms with Gasteiger partial charge in [0.25, 0.3) is 0 Å². The number of ether oxygens (including phenoxy) is 1. The van der Waals surface area contributed by atoms with Crippen LogP contribution in [-0.2, 0) is 0 Å². The van der Waals surface area contributed by atoms with Gasteiger partial charge in [0.15, 0.2) is 17.4 Å². The second-order valence-corrected chi connectivity index (χ2v) is 6.85. The molecule has 0 spiro atoms. The van der Waals surface area contributed by atoms with Gasteiger partial charge in [-0.25, -0.2) is 13.8 Å². The molecule has 0 fully saturated rings. The van der Waals surface area contributed by atoms with E-state index in [0.717, 1.165) is 29.3 Å². The van der Waals surface area contributed by atoms with Crippen LogP contribution in [0.2, 0.25) is 0 Å². The highest BCUT2D eigenvalue weighted by molar-refractivity contribution is 8.02. The number of pyridine rings is 1. The lowest BCUT2D eigenvalue weighted by Gasteiger charge is -2.20. The molecule has 7 heteroatoms. The summed E-state index contributed by atoms with van der Waals surface area (Å²) in [6.45, 7) is 0. The zero-order valence-corrected chi connectivity index (χ0v) is 14.5. The Kier molecular flexibility index (Phi) is 4.42. The second kappa shape index (κ2) is 6.85. The van der Waals surface area contributed by atoms with E-state index in [-0.39, 0.29) is 0 Å². The lowest BCUT2D eigenvalue weighted by Crippen LogP contribution is -2.17.